The first-order valence-corrected chi connectivity index (χ1v) is 23.5. The zero-order valence-corrected chi connectivity index (χ0v) is 37.0. The number of aliphatic hydroxyl groups excluding tert-OH is 11. The van der Waals surface area contributed by atoms with Crippen LogP contribution < -0.4 is 0 Å². The molecule has 0 aromatic heterocycles. The molecule has 4 saturated carbocycles. The zero-order valence-electron chi connectivity index (χ0n) is 37.0. The molecule has 18 heteroatoms. The lowest BCUT2D eigenvalue weighted by Crippen LogP contribution is -2.65. The number of aliphatic hydroxyl groups is 11. The van der Waals surface area contributed by atoms with Gasteiger partial charge in [0, 0.05) is 12.3 Å². The minimum Gasteiger partial charge on any atom is -0.494 e. The lowest BCUT2D eigenvalue weighted by Gasteiger charge is -2.61. The first kappa shape index (κ1) is 48.3. The molecule has 0 radical (unpaired) electrons. The lowest BCUT2D eigenvalue weighted by molar-refractivity contribution is -0.373. The molecular weight excluding hydrogens is 828 g/mol. The quantitative estimate of drug-likeness (QED) is 0.101. The summed E-state index contributed by atoms with van der Waals surface area (Å²) >= 11 is 0. The van der Waals surface area contributed by atoms with Gasteiger partial charge in [-0.05, 0) is 111 Å². The fraction of sp³-hybridized carbons (Fsp3) is 0.956. The molecule has 0 amide bonds. The van der Waals surface area contributed by atoms with Crippen LogP contribution in [-0.2, 0) is 33.2 Å². The molecule has 362 valence electrons. The van der Waals surface area contributed by atoms with Crippen molar-refractivity contribution in [2.45, 2.75) is 196 Å². The van der Waals surface area contributed by atoms with Crippen LogP contribution in [0.3, 0.4) is 0 Å². The second kappa shape index (κ2) is 19.1. The van der Waals surface area contributed by atoms with Crippen molar-refractivity contribution in [2.24, 2.45) is 46.3 Å². The van der Waals surface area contributed by atoms with E-state index in [0.717, 1.165) is 70.0 Å². The highest BCUT2D eigenvalue weighted by Gasteiger charge is 2.65. The van der Waals surface area contributed by atoms with Crippen LogP contribution in [0.15, 0.2) is 11.3 Å². The van der Waals surface area contributed by atoms with E-state index >= 15 is 0 Å². The fourth-order valence-corrected chi connectivity index (χ4v) is 13.7. The van der Waals surface area contributed by atoms with Crippen molar-refractivity contribution >= 4 is 0 Å². The predicted molar refractivity (Wildman–Crippen MR) is 218 cm³/mol. The third kappa shape index (κ3) is 8.68. The summed E-state index contributed by atoms with van der Waals surface area (Å²) in [6.45, 7) is 7.74. The van der Waals surface area contributed by atoms with E-state index in [4.69, 9.17) is 33.2 Å². The summed E-state index contributed by atoms with van der Waals surface area (Å²) in [5, 5.41) is 113. The highest BCUT2D eigenvalue weighted by Crippen LogP contribution is 2.70. The monoisotopic (exact) mass is 902 g/mol. The summed E-state index contributed by atoms with van der Waals surface area (Å²) in [4.78, 5) is 0. The second-order valence-corrected chi connectivity index (χ2v) is 20.9. The Hall–Kier alpha value is -1.14. The normalized spacial score (nSPS) is 52.7. The summed E-state index contributed by atoms with van der Waals surface area (Å²) < 4.78 is 42.2. The molecule has 0 aromatic rings. The minimum atomic E-state index is -1.74. The maximum absolute atomic E-state index is 11.2. The van der Waals surface area contributed by atoms with E-state index in [2.05, 4.69) is 27.7 Å². The minimum absolute atomic E-state index is 0.0928. The molecule has 4 aliphatic heterocycles. The number of rotatable bonds is 13. The van der Waals surface area contributed by atoms with Crippen LogP contribution >= 0.6 is 0 Å². The Bertz CT molecular complexity index is 1580. The van der Waals surface area contributed by atoms with Crippen molar-refractivity contribution in [3.8, 4) is 0 Å². The van der Waals surface area contributed by atoms with Gasteiger partial charge in [-0.2, -0.15) is 0 Å². The van der Waals surface area contributed by atoms with E-state index in [-0.39, 0.29) is 35.6 Å². The lowest BCUT2D eigenvalue weighted by atomic mass is 9.44. The van der Waals surface area contributed by atoms with Crippen LogP contribution in [0.1, 0.15) is 91.9 Å². The smallest absolute Gasteiger partial charge is 0.187 e. The Labute approximate surface area is 369 Å². The molecule has 25 atom stereocenters. The summed E-state index contributed by atoms with van der Waals surface area (Å²) in [6.07, 6.45) is -12.1. The van der Waals surface area contributed by atoms with Gasteiger partial charge in [0.2, 0.25) is 0 Å². The van der Waals surface area contributed by atoms with Crippen molar-refractivity contribution in [3.05, 3.63) is 11.3 Å². The summed E-state index contributed by atoms with van der Waals surface area (Å²) in [5.74, 6) is 3.56. The van der Waals surface area contributed by atoms with E-state index in [1.807, 2.05) is 0 Å². The van der Waals surface area contributed by atoms with Crippen molar-refractivity contribution < 1.29 is 89.3 Å². The molecule has 63 heavy (non-hydrogen) atoms. The van der Waals surface area contributed by atoms with Gasteiger partial charge in [0.1, 0.15) is 79.4 Å². The number of hydrogen-bond donors (Lipinski definition) is 11. The van der Waals surface area contributed by atoms with Crippen molar-refractivity contribution in [3.63, 3.8) is 0 Å². The third-order valence-corrected chi connectivity index (χ3v) is 17.4. The topological polar surface area (TPSA) is 287 Å². The van der Waals surface area contributed by atoms with Crippen LogP contribution in [0.4, 0.5) is 0 Å². The summed E-state index contributed by atoms with van der Waals surface area (Å²) in [7, 11) is 0. The van der Waals surface area contributed by atoms with Crippen LogP contribution in [-0.4, -0.2) is 187 Å². The predicted octanol–water partition coefficient (Wildman–Crippen LogP) is -0.830. The Balaban J connectivity index is 0.872. The summed E-state index contributed by atoms with van der Waals surface area (Å²) in [6, 6.07) is 0. The van der Waals surface area contributed by atoms with Crippen LogP contribution in [0.25, 0.3) is 0 Å². The standard InChI is InChI=1S/C45H74O18/c1-19(18-57-41-38(55)35(52)32(49)28(15-46)60-41)5-8-26-20(2)31-27(59-26)14-25-23-7-6-21-13-22(9-11-44(21,3)24(23)10-12-45(25,31)4)58-43-40(37(54)34(51)30(17-48)62-43)63-42-39(56)36(53)33(50)29(16-47)61-42/h19,21-25,27-43,46-56H,5-18H2,1-4H3/t19-,21+,22-,23+,24-,25-,27-,28+,29+,30+,31-,32+,33+,34-,35-,36-,37-,38+,39+,40+,41-,42-,43+,44-,45-/m0/s1. The van der Waals surface area contributed by atoms with Gasteiger partial charge in [0.15, 0.2) is 18.9 Å². The SMILES string of the molecule is CC1=C(CC[C@H](C)CO[C@H]2O[C@H](CO)[C@@H](O)[C@H](O)[C@H]2O)O[C@H]2C[C@H]3[C@@H]4CC[C@@H]5C[C@@H](O[C@@H]6O[C@H](CO)[C@H](O)[C@H](O)[C@H]6O[C@@H]6O[C@H](CO)[C@@H](O)[C@H](O)[C@H]6O)CC[C@]5(C)[C@H]4CC[C@]3(C)[C@@H]12. The van der Waals surface area contributed by atoms with E-state index in [1.165, 1.54) is 5.57 Å². The molecule has 4 heterocycles. The van der Waals surface area contributed by atoms with Gasteiger partial charge in [-0.3, -0.25) is 0 Å². The molecule has 0 bridgehead atoms. The molecule has 0 unspecified atom stereocenters. The van der Waals surface area contributed by atoms with Crippen molar-refractivity contribution in [1.29, 1.82) is 0 Å². The number of ether oxygens (including phenoxy) is 7. The molecule has 0 spiro atoms. The molecule has 4 aliphatic carbocycles. The Morgan fingerprint density at radius 1 is 0.635 bits per heavy atom. The van der Waals surface area contributed by atoms with E-state index in [9.17, 15) is 56.2 Å². The third-order valence-electron chi connectivity index (χ3n) is 17.4. The number of allylic oxidation sites excluding steroid dienone is 1. The van der Waals surface area contributed by atoms with Gasteiger partial charge in [-0.25, -0.2) is 0 Å². The molecule has 18 nitrogen and oxygen atoms in total. The van der Waals surface area contributed by atoms with Crippen LogP contribution in [0, 0.1) is 46.3 Å². The molecule has 0 aromatic carbocycles. The van der Waals surface area contributed by atoms with Crippen molar-refractivity contribution in [1.82, 2.24) is 0 Å². The Morgan fingerprint density at radius 3 is 1.87 bits per heavy atom. The van der Waals surface area contributed by atoms with Gasteiger partial charge in [-0.1, -0.05) is 20.8 Å². The highest BCUT2D eigenvalue weighted by molar-refractivity contribution is 5.26. The van der Waals surface area contributed by atoms with Gasteiger partial charge in [0.05, 0.1) is 38.3 Å². The Kier molecular flexibility index (Phi) is 14.6. The molecule has 11 N–H and O–H groups in total. The molecule has 8 rings (SSSR count). The average Bonchev–Trinajstić information content (AvgIpc) is 3.76. The molecular formula is C45H74O18. The van der Waals surface area contributed by atoms with Crippen molar-refractivity contribution in [2.75, 3.05) is 26.4 Å². The van der Waals surface area contributed by atoms with Crippen LogP contribution in [0.2, 0.25) is 0 Å². The summed E-state index contributed by atoms with van der Waals surface area (Å²) in [5.41, 5.74) is 1.57. The van der Waals surface area contributed by atoms with Gasteiger partial charge in [-0.15, -0.1) is 0 Å². The number of hydrogen-bond acceptors (Lipinski definition) is 18. The van der Waals surface area contributed by atoms with E-state index in [1.54, 1.807) is 0 Å². The van der Waals surface area contributed by atoms with Gasteiger partial charge >= 0.3 is 0 Å². The molecule has 7 fully saturated rings. The molecule has 8 aliphatic rings. The zero-order chi connectivity index (χ0) is 45.3. The second-order valence-electron chi connectivity index (χ2n) is 20.9. The largest absolute Gasteiger partial charge is 0.494 e. The fourth-order valence-electron chi connectivity index (χ4n) is 13.7. The number of fused-ring (bicyclic) bond motifs is 7. The first-order valence-electron chi connectivity index (χ1n) is 23.5. The highest BCUT2D eigenvalue weighted by atomic mass is 16.8. The maximum Gasteiger partial charge on any atom is 0.187 e. The Morgan fingerprint density at radius 2 is 1.22 bits per heavy atom. The maximum atomic E-state index is 11.2. The van der Waals surface area contributed by atoms with E-state index < -0.39 is 112 Å². The van der Waals surface area contributed by atoms with E-state index in [0.29, 0.717) is 29.6 Å². The van der Waals surface area contributed by atoms with Gasteiger partial charge < -0.3 is 89.3 Å². The van der Waals surface area contributed by atoms with Gasteiger partial charge in [0.25, 0.3) is 0 Å². The van der Waals surface area contributed by atoms with Crippen LogP contribution in [0.5, 0.6) is 0 Å². The molecule has 3 saturated heterocycles. The average molecular weight is 903 g/mol. The first-order chi connectivity index (χ1) is 29.9.